The molecule has 0 aliphatic carbocycles. The maximum Gasteiger partial charge on any atom is 0.417 e. The van der Waals surface area contributed by atoms with E-state index in [9.17, 15) is 40.2 Å². The number of hydrogen-bond donors (Lipinski definition) is 2. The second-order valence-corrected chi connectivity index (χ2v) is 15.9. The van der Waals surface area contributed by atoms with Gasteiger partial charge in [0, 0.05) is 72.7 Å². The average Bonchev–Trinajstić information content (AvgIpc) is 3.34. The van der Waals surface area contributed by atoms with Gasteiger partial charge >= 0.3 is 12.4 Å². The van der Waals surface area contributed by atoms with Gasteiger partial charge in [-0.2, -0.15) is 26.3 Å². The Labute approximate surface area is 407 Å². The number of pyridine rings is 2. The molecule has 0 atom stereocenters. The second kappa shape index (κ2) is 29.5. The lowest BCUT2D eigenvalue weighted by Gasteiger charge is -2.33. The van der Waals surface area contributed by atoms with Gasteiger partial charge in [0.25, 0.3) is 0 Å². The van der Waals surface area contributed by atoms with Crippen molar-refractivity contribution in [3.63, 3.8) is 0 Å². The molecule has 2 aromatic heterocycles. The van der Waals surface area contributed by atoms with Gasteiger partial charge < -0.3 is 48.4 Å². The van der Waals surface area contributed by atoms with Gasteiger partial charge in [-0.1, -0.05) is 29.8 Å². The van der Waals surface area contributed by atoms with Gasteiger partial charge in [0.2, 0.25) is 0 Å². The van der Waals surface area contributed by atoms with Crippen molar-refractivity contribution in [2.45, 2.75) is 71.0 Å². The molecule has 7 rings (SSSR count). The van der Waals surface area contributed by atoms with Gasteiger partial charge in [0.15, 0.2) is 48.2 Å². The van der Waals surface area contributed by atoms with Crippen molar-refractivity contribution in [2.75, 3.05) is 77.0 Å². The predicted octanol–water partition coefficient (Wildman–Crippen LogP) is 11.3. The first-order valence-electron chi connectivity index (χ1n) is 21.7. The van der Waals surface area contributed by atoms with Crippen molar-refractivity contribution in [1.82, 2.24) is 9.97 Å². The molecule has 0 amide bonds. The fraction of sp³-hybridized carbons (Fsp3) is 0.429. The number of hydrogen-bond acceptors (Lipinski definition) is 12. The van der Waals surface area contributed by atoms with Crippen LogP contribution >= 0.6 is 11.6 Å². The third-order valence-corrected chi connectivity index (χ3v) is 10.3. The molecule has 0 bridgehead atoms. The largest absolute Gasteiger partial charge is 0.505 e. The van der Waals surface area contributed by atoms with Crippen LogP contribution in [0.3, 0.4) is 0 Å². The van der Waals surface area contributed by atoms with E-state index in [4.69, 9.17) is 35.7 Å². The first-order valence-corrected chi connectivity index (χ1v) is 22.2. The Morgan fingerprint density at radius 2 is 1.01 bits per heavy atom. The Morgan fingerprint density at radius 3 is 1.43 bits per heavy atom. The lowest BCUT2D eigenvalue weighted by molar-refractivity contribution is -0.138. The molecule has 21 heteroatoms. The number of piperidine rings is 2. The van der Waals surface area contributed by atoms with Crippen molar-refractivity contribution in [3.8, 4) is 23.0 Å². The third kappa shape index (κ3) is 20.7. The molecule has 0 unspecified atom stereocenters. The molecule has 12 nitrogen and oxygen atoms in total. The van der Waals surface area contributed by atoms with E-state index in [1.807, 2.05) is 41.8 Å². The lowest BCUT2D eigenvalue weighted by atomic mass is 10.1. The van der Waals surface area contributed by atoms with Crippen LogP contribution in [0, 0.1) is 32.4 Å². The number of aryl methyl sites for hydroxylation is 3. The SMILES string of the molecule is COCCl.COCOc1cc(C)ccc1F.COCOc1cc(C)ccc1OC1CCN(c2ccc(C(F)(F)F)cn2)CC1.Cc1ccc(F)c(O)c1.OC1CCN(c2ccc(C(F)(F)F)cn2)CC1. The number of rotatable bonds is 11. The molecule has 4 heterocycles. The Bertz CT molecular complexity index is 2260. The highest BCUT2D eigenvalue weighted by atomic mass is 35.5. The molecule has 2 aliphatic rings. The molecule has 2 aliphatic heterocycles. The van der Waals surface area contributed by atoms with E-state index >= 15 is 0 Å². The number of nitrogens with zero attached hydrogens (tertiary/aromatic N) is 4. The summed E-state index contributed by atoms with van der Waals surface area (Å²) in [6.07, 6.45) is -4.57. The average molecular weight is 1020 g/mol. The van der Waals surface area contributed by atoms with Crippen molar-refractivity contribution in [2.24, 2.45) is 0 Å². The number of ether oxygens (including phenoxy) is 6. The minimum Gasteiger partial charge on any atom is -0.505 e. The number of phenolic OH excluding ortho intramolecular Hbond substituents is 1. The smallest absolute Gasteiger partial charge is 0.417 e. The first kappa shape index (κ1) is 58.6. The van der Waals surface area contributed by atoms with Gasteiger partial charge in [-0.25, -0.2) is 18.7 Å². The van der Waals surface area contributed by atoms with Gasteiger partial charge in [0.05, 0.1) is 17.2 Å². The van der Waals surface area contributed by atoms with Crippen molar-refractivity contribution in [1.29, 1.82) is 0 Å². The highest BCUT2D eigenvalue weighted by Gasteiger charge is 2.32. The fourth-order valence-electron chi connectivity index (χ4n) is 6.37. The molecule has 3 aromatic carbocycles. The first-order chi connectivity index (χ1) is 33.2. The zero-order valence-corrected chi connectivity index (χ0v) is 40.4. The number of phenols is 1. The summed E-state index contributed by atoms with van der Waals surface area (Å²) in [6.45, 7) is 8.40. The minimum absolute atomic E-state index is 0.00157. The number of aromatic nitrogens is 2. The summed E-state index contributed by atoms with van der Waals surface area (Å²) in [4.78, 5) is 11.6. The fourth-order valence-corrected chi connectivity index (χ4v) is 6.37. The number of halogens is 9. The van der Waals surface area contributed by atoms with Gasteiger partial charge in [-0.05, 0) is 111 Å². The highest BCUT2D eigenvalue weighted by molar-refractivity contribution is 6.17. The summed E-state index contributed by atoms with van der Waals surface area (Å²) in [7, 11) is 4.60. The number of aliphatic hydroxyl groups excluding tert-OH is 1. The number of aliphatic hydroxyl groups is 1. The molecular weight excluding hydrogens is 960 g/mol. The van der Waals surface area contributed by atoms with Crippen LogP contribution < -0.4 is 24.0 Å². The molecule has 2 saturated heterocycles. The Balaban J connectivity index is 0.000000262. The van der Waals surface area contributed by atoms with E-state index in [2.05, 4.69) is 19.4 Å². The van der Waals surface area contributed by atoms with Crippen molar-refractivity contribution in [3.05, 3.63) is 131 Å². The zero-order valence-electron chi connectivity index (χ0n) is 39.6. The van der Waals surface area contributed by atoms with E-state index in [-0.39, 0.29) is 43.1 Å². The topological polar surface area (TPSA) is 128 Å². The van der Waals surface area contributed by atoms with Crippen LogP contribution in [-0.2, 0) is 26.6 Å². The van der Waals surface area contributed by atoms with E-state index in [1.165, 1.54) is 37.4 Å². The molecular formula is C49H59ClF8N4O8. The van der Waals surface area contributed by atoms with Crippen LogP contribution in [-0.4, -0.2) is 99.5 Å². The van der Waals surface area contributed by atoms with E-state index in [1.54, 1.807) is 39.3 Å². The molecule has 386 valence electrons. The Hall–Kier alpha value is -5.67. The van der Waals surface area contributed by atoms with Crippen LogP contribution in [0.4, 0.5) is 46.8 Å². The lowest BCUT2D eigenvalue weighted by Crippen LogP contribution is -2.38. The van der Waals surface area contributed by atoms with Gasteiger partial charge in [-0.15, -0.1) is 0 Å². The maximum absolute atomic E-state index is 12.9. The standard InChI is InChI=1S/C20H23F3N2O3.C11H13F3N2O.C9H11FO2.C7H7FO.C2H5ClO/c1-14-3-5-17(18(11-14)27-13-26-2)28-16-7-9-25(10-8-16)19-6-4-15(12-24-19)20(21,22)23;12-11(13,14)8-1-2-10(15-7-8)16-5-3-9(17)4-6-16;1-7-3-4-8(10)9(5-7)12-6-11-2;1-5-2-3-6(8)7(9)4-5;1-4-2-3/h3-6,11-12,16H,7-10,13H2,1-2H3;1-2,7,9,17H,3-6H2;3-5H,6H2,1-2H3;2-4,9H,1H3;2H2,1H3. The summed E-state index contributed by atoms with van der Waals surface area (Å²) in [5.74, 6) is 1.39. The molecule has 5 aromatic rings. The van der Waals surface area contributed by atoms with Crippen LogP contribution in [0.2, 0.25) is 0 Å². The monoisotopic (exact) mass is 1020 g/mol. The second-order valence-electron chi connectivity index (χ2n) is 15.7. The molecule has 2 fully saturated rings. The molecule has 70 heavy (non-hydrogen) atoms. The van der Waals surface area contributed by atoms with Gasteiger partial charge in [0.1, 0.15) is 23.8 Å². The third-order valence-electron chi connectivity index (χ3n) is 10.1. The Kier molecular flexibility index (Phi) is 24.7. The molecule has 0 saturated carbocycles. The quantitative estimate of drug-likeness (QED) is 0.0743. The van der Waals surface area contributed by atoms with Crippen LogP contribution in [0.15, 0.2) is 91.3 Å². The number of benzene rings is 3. The van der Waals surface area contributed by atoms with Crippen molar-refractivity contribution >= 4 is 23.2 Å². The van der Waals surface area contributed by atoms with Crippen LogP contribution in [0.5, 0.6) is 23.0 Å². The normalized spacial score (nSPS) is 14.1. The molecule has 0 radical (unpaired) electrons. The van der Waals surface area contributed by atoms with Crippen LogP contribution in [0.1, 0.15) is 53.5 Å². The van der Waals surface area contributed by atoms with Gasteiger partial charge in [-0.3, -0.25) is 0 Å². The summed E-state index contributed by atoms with van der Waals surface area (Å²) >= 11 is 4.96. The molecule has 2 N–H and O–H groups in total. The van der Waals surface area contributed by atoms with E-state index < -0.39 is 29.3 Å². The highest BCUT2D eigenvalue weighted by Crippen LogP contribution is 2.33. The number of alkyl halides is 7. The number of methoxy groups -OCH3 is 3. The maximum atomic E-state index is 12.9. The van der Waals surface area contributed by atoms with Crippen molar-refractivity contribution < 1.29 is 73.8 Å². The summed E-state index contributed by atoms with van der Waals surface area (Å²) in [5, 5.41) is 18.1. The van der Waals surface area contributed by atoms with E-state index in [0.29, 0.717) is 68.2 Å². The summed E-state index contributed by atoms with van der Waals surface area (Å²) in [5.41, 5.74) is 1.40. The Morgan fingerprint density at radius 1 is 0.586 bits per heavy atom. The van der Waals surface area contributed by atoms with Crippen LogP contribution in [0.25, 0.3) is 0 Å². The zero-order chi connectivity index (χ0) is 51.9. The van der Waals surface area contributed by atoms with E-state index in [0.717, 1.165) is 54.1 Å². The number of anilines is 2. The predicted molar refractivity (Wildman–Crippen MR) is 250 cm³/mol. The summed E-state index contributed by atoms with van der Waals surface area (Å²) < 4.78 is 131. The number of aromatic hydroxyl groups is 1. The minimum atomic E-state index is -4.37. The summed E-state index contributed by atoms with van der Waals surface area (Å²) in [6, 6.07) is 19.8. The molecule has 0 spiro atoms.